The highest BCUT2D eigenvalue weighted by Crippen LogP contribution is 2.38. The fraction of sp³-hybridized carbons (Fsp3) is 0.529. The third-order valence-electron chi connectivity index (χ3n) is 4.75. The van der Waals surface area contributed by atoms with Crippen LogP contribution in [0.3, 0.4) is 0 Å². The van der Waals surface area contributed by atoms with Gasteiger partial charge in [0.2, 0.25) is 0 Å². The summed E-state index contributed by atoms with van der Waals surface area (Å²) in [5.74, 6) is 0. The van der Waals surface area contributed by atoms with E-state index in [0.29, 0.717) is 0 Å². The van der Waals surface area contributed by atoms with Crippen molar-refractivity contribution in [1.82, 2.24) is 0 Å². The monoisotopic (exact) mass is 302 g/mol. The summed E-state index contributed by atoms with van der Waals surface area (Å²) in [5, 5.41) is 3.69. The molecule has 112 valence electrons. The number of benzene rings is 1. The zero-order valence-corrected chi connectivity index (χ0v) is 14.1. The molecule has 1 aromatic heterocycles. The molecule has 1 aliphatic rings. The zero-order valence-electron chi connectivity index (χ0n) is 13.3. The van der Waals surface area contributed by atoms with Gasteiger partial charge in [-0.3, -0.25) is 0 Å². The second-order valence-corrected chi connectivity index (χ2v) is 7.75. The van der Waals surface area contributed by atoms with Crippen molar-refractivity contribution in [2.75, 3.05) is 0 Å². The summed E-state index contributed by atoms with van der Waals surface area (Å²) in [6.07, 6.45) is 3.14. The van der Waals surface area contributed by atoms with Gasteiger partial charge in [0.05, 0.1) is 11.2 Å². The van der Waals surface area contributed by atoms with Gasteiger partial charge in [0.25, 0.3) is 0 Å². The van der Waals surface area contributed by atoms with Gasteiger partial charge in [0.15, 0.2) is 0 Å². The summed E-state index contributed by atoms with van der Waals surface area (Å²) in [6.45, 7) is 8.44. The SMILES string of the molecule is CC1(C)OB(CCCc2csc3ccccc23)OC1(C)C. The number of hydrogen-bond acceptors (Lipinski definition) is 3. The first-order chi connectivity index (χ1) is 9.89. The molecule has 1 saturated heterocycles. The van der Waals surface area contributed by atoms with E-state index in [1.54, 1.807) is 0 Å². The van der Waals surface area contributed by atoms with Crippen molar-refractivity contribution >= 4 is 28.5 Å². The minimum absolute atomic E-state index is 0.0695. The van der Waals surface area contributed by atoms with Crippen LogP contribution in [0.25, 0.3) is 10.1 Å². The third-order valence-corrected chi connectivity index (χ3v) is 5.76. The van der Waals surface area contributed by atoms with Gasteiger partial charge in [0, 0.05) is 4.70 Å². The van der Waals surface area contributed by atoms with Crippen LogP contribution in [0.15, 0.2) is 29.6 Å². The summed E-state index contributed by atoms with van der Waals surface area (Å²) < 4.78 is 13.5. The van der Waals surface area contributed by atoms with Crippen molar-refractivity contribution in [2.24, 2.45) is 0 Å². The average Bonchev–Trinajstić information content (AvgIpc) is 2.89. The molecule has 2 aromatic rings. The van der Waals surface area contributed by atoms with Crippen molar-refractivity contribution in [1.29, 1.82) is 0 Å². The van der Waals surface area contributed by atoms with Crippen LogP contribution in [0, 0.1) is 0 Å². The maximum Gasteiger partial charge on any atom is 0.457 e. The second kappa shape index (κ2) is 5.42. The van der Waals surface area contributed by atoms with Gasteiger partial charge < -0.3 is 9.31 Å². The van der Waals surface area contributed by atoms with Crippen molar-refractivity contribution in [3.05, 3.63) is 35.2 Å². The maximum atomic E-state index is 6.05. The summed E-state index contributed by atoms with van der Waals surface area (Å²) >= 11 is 1.83. The first kappa shape index (κ1) is 15.1. The van der Waals surface area contributed by atoms with Crippen molar-refractivity contribution in [2.45, 2.75) is 58.1 Å². The first-order valence-corrected chi connectivity index (χ1v) is 8.58. The van der Waals surface area contributed by atoms with Crippen LogP contribution in [-0.2, 0) is 15.7 Å². The van der Waals surface area contributed by atoms with Gasteiger partial charge in [-0.25, -0.2) is 0 Å². The molecule has 0 atom stereocenters. The van der Waals surface area contributed by atoms with Crippen LogP contribution in [-0.4, -0.2) is 18.3 Å². The fourth-order valence-corrected chi connectivity index (χ4v) is 3.77. The van der Waals surface area contributed by atoms with Gasteiger partial charge >= 0.3 is 7.12 Å². The first-order valence-electron chi connectivity index (χ1n) is 7.70. The van der Waals surface area contributed by atoms with E-state index in [1.165, 1.54) is 15.6 Å². The van der Waals surface area contributed by atoms with Crippen LogP contribution >= 0.6 is 11.3 Å². The lowest BCUT2D eigenvalue weighted by Crippen LogP contribution is -2.41. The molecule has 0 radical (unpaired) electrons. The lowest BCUT2D eigenvalue weighted by atomic mass is 9.82. The molecule has 2 heterocycles. The van der Waals surface area contributed by atoms with Gasteiger partial charge in [-0.15, -0.1) is 11.3 Å². The number of hydrogen-bond donors (Lipinski definition) is 0. The summed E-state index contributed by atoms with van der Waals surface area (Å²) in [7, 11) is -0.0695. The molecular weight excluding hydrogens is 279 g/mol. The lowest BCUT2D eigenvalue weighted by molar-refractivity contribution is 0.00578. The van der Waals surface area contributed by atoms with Crippen LogP contribution in [0.4, 0.5) is 0 Å². The normalized spacial score (nSPS) is 20.3. The Balaban J connectivity index is 1.58. The molecule has 0 N–H and O–H groups in total. The Morgan fingerprint density at radius 3 is 2.43 bits per heavy atom. The molecule has 0 saturated carbocycles. The highest BCUT2D eigenvalue weighted by Gasteiger charge is 2.50. The van der Waals surface area contributed by atoms with Crippen molar-refractivity contribution in [3.8, 4) is 0 Å². The molecule has 0 amide bonds. The zero-order chi connectivity index (χ0) is 15.1. The summed E-state index contributed by atoms with van der Waals surface area (Å²) in [4.78, 5) is 0. The summed E-state index contributed by atoms with van der Waals surface area (Å²) in [5.41, 5.74) is 1.02. The van der Waals surface area contributed by atoms with E-state index in [1.807, 2.05) is 11.3 Å². The average molecular weight is 302 g/mol. The lowest BCUT2D eigenvalue weighted by Gasteiger charge is -2.32. The minimum atomic E-state index is -0.216. The third kappa shape index (κ3) is 2.89. The highest BCUT2D eigenvalue weighted by molar-refractivity contribution is 7.17. The molecule has 0 unspecified atom stereocenters. The standard InChI is InChI=1S/C17H23BO2S/c1-16(2)17(3,4)20-18(19-16)11-7-8-13-12-21-15-10-6-5-9-14(13)15/h5-6,9-10,12H,7-8,11H2,1-4H3. The van der Waals surface area contributed by atoms with Gasteiger partial charge in [-0.1, -0.05) is 24.6 Å². The van der Waals surface area contributed by atoms with E-state index in [2.05, 4.69) is 57.3 Å². The molecular formula is C17H23BO2S. The number of fused-ring (bicyclic) bond motifs is 1. The Hall–Kier alpha value is -0.835. The maximum absolute atomic E-state index is 6.05. The second-order valence-electron chi connectivity index (χ2n) is 6.84. The van der Waals surface area contributed by atoms with E-state index in [0.717, 1.165) is 19.2 Å². The molecule has 1 aromatic carbocycles. The van der Waals surface area contributed by atoms with Crippen molar-refractivity contribution < 1.29 is 9.31 Å². The van der Waals surface area contributed by atoms with E-state index in [9.17, 15) is 0 Å². The molecule has 0 aliphatic carbocycles. The topological polar surface area (TPSA) is 18.5 Å². The number of aryl methyl sites for hydroxylation is 1. The van der Waals surface area contributed by atoms with E-state index < -0.39 is 0 Å². The predicted molar refractivity (Wildman–Crippen MR) is 91.0 cm³/mol. The predicted octanol–water partition coefficient (Wildman–Crippen LogP) is 4.93. The smallest absolute Gasteiger partial charge is 0.403 e. The fourth-order valence-electron chi connectivity index (χ4n) is 2.77. The Labute approximate surface area is 131 Å². The van der Waals surface area contributed by atoms with Crippen LogP contribution < -0.4 is 0 Å². The van der Waals surface area contributed by atoms with Crippen LogP contribution in [0.5, 0.6) is 0 Å². The Morgan fingerprint density at radius 1 is 1.05 bits per heavy atom. The van der Waals surface area contributed by atoms with E-state index in [4.69, 9.17) is 9.31 Å². The van der Waals surface area contributed by atoms with Gasteiger partial charge in [-0.05, 0) is 62.8 Å². The van der Waals surface area contributed by atoms with E-state index >= 15 is 0 Å². The molecule has 2 nitrogen and oxygen atoms in total. The Morgan fingerprint density at radius 2 is 1.71 bits per heavy atom. The quantitative estimate of drug-likeness (QED) is 0.746. The number of thiophene rings is 1. The molecule has 0 spiro atoms. The van der Waals surface area contributed by atoms with Crippen LogP contribution in [0.1, 0.15) is 39.7 Å². The molecule has 4 heteroatoms. The Kier molecular flexibility index (Phi) is 3.89. The van der Waals surface area contributed by atoms with Gasteiger partial charge in [-0.2, -0.15) is 0 Å². The van der Waals surface area contributed by atoms with Crippen LogP contribution in [0.2, 0.25) is 6.32 Å². The highest BCUT2D eigenvalue weighted by atomic mass is 32.1. The number of rotatable bonds is 4. The van der Waals surface area contributed by atoms with Gasteiger partial charge in [0.1, 0.15) is 0 Å². The van der Waals surface area contributed by atoms with E-state index in [-0.39, 0.29) is 18.3 Å². The molecule has 1 aliphatic heterocycles. The summed E-state index contributed by atoms with van der Waals surface area (Å²) in [6, 6.07) is 8.63. The minimum Gasteiger partial charge on any atom is -0.403 e. The molecule has 3 rings (SSSR count). The van der Waals surface area contributed by atoms with Crippen molar-refractivity contribution in [3.63, 3.8) is 0 Å². The Bertz CT molecular complexity index is 617. The largest absolute Gasteiger partial charge is 0.457 e. The molecule has 21 heavy (non-hydrogen) atoms. The molecule has 1 fully saturated rings. The molecule has 0 bridgehead atoms.